The molecule has 3 N–H and O–H groups in total. The molecular formula is C6H10N2O2. The van der Waals surface area contributed by atoms with Gasteiger partial charge in [0.1, 0.15) is 6.61 Å². The lowest BCUT2D eigenvalue weighted by Gasteiger charge is -2.07. The molecule has 0 bridgehead atoms. The van der Waals surface area contributed by atoms with Gasteiger partial charge in [0.05, 0.1) is 6.04 Å². The Kier molecular flexibility index (Phi) is 2.28. The summed E-state index contributed by atoms with van der Waals surface area (Å²) in [6, 6.07) is 0.146. The van der Waals surface area contributed by atoms with Crippen LogP contribution in [0.25, 0.3) is 0 Å². The molecule has 56 valence electrons. The van der Waals surface area contributed by atoms with Crippen LogP contribution in [0.15, 0.2) is 12.2 Å². The highest BCUT2D eigenvalue weighted by molar-refractivity contribution is 5.64. The van der Waals surface area contributed by atoms with Crippen molar-refractivity contribution in [1.82, 2.24) is 5.32 Å². The van der Waals surface area contributed by atoms with Crippen molar-refractivity contribution in [3.63, 3.8) is 0 Å². The molecule has 0 aromatic carbocycles. The lowest BCUT2D eigenvalue weighted by atomic mass is 10.3. The first-order valence-electron chi connectivity index (χ1n) is 3.11. The summed E-state index contributed by atoms with van der Waals surface area (Å²) < 4.78 is 4.55. The van der Waals surface area contributed by atoms with Crippen LogP contribution in [0.1, 0.15) is 0 Å². The van der Waals surface area contributed by atoms with E-state index < -0.39 is 6.09 Å². The fourth-order valence-corrected chi connectivity index (χ4v) is 0.806. The number of carbonyl (C=O) groups is 1. The van der Waals surface area contributed by atoms with Gasteiger partial charge in [0, 0.05) is 6.54 Å². The summed E-state index contributed by atoms with van der Waals surface area (Å²) >= 11 is 0. The Morgan fingerprint density at radius 3 is 3.20 bits per heavy atom. The molecule has 1 atom stereocenters. The van der Waals surface area contributed by atoms with Gasteiger partial charge in [-0.2, -0.15) is 0 Å². The van der Waals surface area contributed by atoms with Crippen LogP contribution in [0.3, 0.4) is 0 Å². The third kappa shape index (κ3) is 2.06. The predicted molar refractivity (Wildman–Crippen MR) is 36.5 cm³/mol. The molecule has 0 saturated carbocycles. The van der Waals surface area contributed by atoms with Crippen molar-refractivity contribution in [2.24, 2.45) is 5.73 Å². The highest BCUT2D eigenvalue weighted by atomic mass is 16.5. The summed E-state index contributed by atoms with van der Waals surface area (Å²) in [6.45, 7) is 1.17. The van der Waals surface area contributed by atoms with Crippen molar-refractivity contribution in [1.29, 1.82) is 0 Å². The van der Waals surface area contributed by atoms with Gasteiger partial charge in [-0.3, -0.25) is 0 Å². The van der Waals surface area contributed by atoms with Crippen LogP contribution < -0.4 is 11.1 Å². The van der Waals surface area contributed by atoms with E-state index in [1.807, 2.05) is 12.2 Å². The van der Waals surface area contributed by atoms with Crippen molar-refractivity contribution >= 4 is 6.09 Å². The van der Waals surface area contributed by atoms with Gasteiger partial charge >= 0.3 is 6.09 Å². The Morgan fingerprint density at radius 1 is 1.90 bits per heavy atom. The second-order valence-corrected chi connectivity index (χ2v) is 2.07. The van der Waals surface area contributed by atoms with Gasteiger partial charge in [-0.05, 0) is 0 Å². The number of nitrogens with one attached hydrogen (secondary N) is 1. The zero-order valence-electron chi connectivity index (χ0n) is 5.54. The molecule has 0 unspecified atom stereocenters. The van der Waals surface area contributed by atoms with Crippen LogP contribution in [-0.2, 0) is 4.74 Å². The van der Waals surface area contributed by atoms with Gasteiger partial charge in [0.2, 0.25) is 0 Å². The second kappa shape index (κ2) is 3.22. The lowest BCUT2D eigenvalue weighted by molar-refractivity contribution is 0.151. The topological polar surface area (TPSA) is 64.4 Å². The van der Waals surface area contributed by atoms with Crippen LogP contribution in [-0.4, -0.2) is 25.3 Å². The Hall–Kier alpha value is -1.03. The summed E-state index contributed by atoms with van der Waals surface area (Å²) in [5, 5.41) is 3.07. The van der Waals surface area contributed by atoms with E-state index in [4.69, 9.17) is 5.73 Å². The highest BCUT2D eigenvalue weighted by Crippen LogP contribution is 1.94. The normalized spacial score (nSPS) is 23.0. The number of hydrogen-bond donors (Lipinski definition) is 2. The summed E-state index contributed by atoms with van der Waals surface area (Å²) in [6.07, 6.45) is 3.21. The Labute approximate surface area is 59.0 Å². The van der Waals surface area contributed by atoms with Gasteiger partial charge in [0.15, 0.2) is 0 Å². The maximum absolute atomic E-state index is 10.1. The van der Waals surface area contributed by atoms with E-state index in [0.29, 0.717) is 6.61 Å². The molecule has 0 aliphatic carbocycles. The molecule has 0 radical (unpaired) electrons. The van der Waals surface area contributed by atoms with Gasteiger partial charge in [-0.25, -0.2) is 4.79 Å². The highest BCUT2D eigenvalue weighted by Gasteiger charge is 2.08. The SMILES string of the molecule is NC(=O)OC[C@H]1C=CCN1. The number of carbonyl (C=O) groups excluding carboxylic acids is 1. The number of hydrogen-bond acceptors (Lipinski definition) is 3. The molecule has 0 saturated heterocycles. The van der Waals surface area contributed by atoms with Crippen molar-refractivity contribution < 1.29 is 9.53 Å². The fraction of sp³-hybridized carbons (Fsp3) is 0.500. The van der Waals surface area contributed by atoms with Crippen LogP contribution >= 0.6 is 0 Å². The van der Waals surface area contributed by atoms with E-state index in [1.54, 1.807) is 0 Å². The number of nitrogens with two attached hydrogens (primary N) is 1. The fourth-order valence-electron chi connectivity index (χ4n) is 0.806. The molecule has 1 heterocycles. The molecule has 1 aliphatic heterocycles. The first-order valence-corrected chi connectivity index (χ1v) is 3.11. The molecule has 0 spiro atoms. The van der Waals surface area contributed by atoms with E-state index in [2.05, 4.69) is 10.1 Å². The Balaban J connectivity index is 2.13. The van der Waals surface area contributed by atoms with Crippen LogP contribution in [0.4, 0.5) is 4.79 Å². The largest absolute Gasteiger partial charge is 0.448 e. The van der Waals surface area contributed by atoms with Crippen molar-refractivity contribution in [2.45, 2.75) is 6.04 Å². The zero-order valence-corrected chi connectivity index (χ0v) is 5.54. The Bertz CT molecular complexity index is 156. The summed E-state index contributed by atoms with van der Waals surface area (Å²) in [5.74, 6) is 0. The average Bonchev–Trinajstić information content (AvgIpc) is 2.34. The maximum atomic E-state index is 10.1. The van der Waals surface area contributed by atoms with E-state index in [-0.39, 0.29) is 6.04 Å². The van der Waals surface area contributed by atoms with Crippen molar-refractivity contribution in [3.05, 3.63) is 12.2 Å². The first kappa shape index (κ1) is 7.08. The third-order valence-corrected chi connectivity index (χ3v) is 1.27. The number of amides is 1. The van der Waals surface area contributed by atoms with Gasteiger partial charge < -0.3 is 15.8 Å². The zero-order chi connectivity index (χ0) is 7.40. The van der Waals surface area contributed by atoms with Crippen molar-refractivity contribution in [3.8, 4) is 0 Å². The second-order valence-electron chi connectivity index (χ2n) is 2.07. The average molecular weight is 142 g/mol. The van der Waals surface area contributed by atoms with E-state index in [1.165, 1.54) is 0 Å². The predicted octanol–water partition coefficient (Wildman–Crippen LogP) is -0.390. The molecule has 1 amide bonds. The Morgan fingerprint density at radius 2 is 2.70 bits per heavy atom. The molecule has 0 aromatic rings. The number of ether oxygens (including phenoxy) is 1. The molecule has 1 aliphatic rings. The van der Waals surface area contributed by atoms with Gasteiger partial charge in [-0.1, -0.05) is 12.2 Å². The summed E-state index contributed by atoms with van der Waals surface area (Å²) in [7, 11) is 0. The minimum Gasteiger partial charge on any atom is -0.448 e. The third-order valence-electron chi connectivity index (χ3n) is 1.27. The molecular weight excluding hydrogens is 132 g/mol. The molecule has 1 rings (SSSR count). The molecule has 4 nitrogen and oxygen atoms in total. The number of primary amides is 1. The standard InChI is InChI=1S/C6H10N2O2/c7-6(9)10-4-5-2-1-3-8-5/h1-2,5,8H,3-4H2,(H2,7,9)/t5-/m1/s1. The minimum atomic E-state index is -0.720. The van der Waals surface area contributed by atoms with Gasteiger partial charge in [0.25, 0.3) is 0 Å². The van der Waals surface area contributed by atoms with Crippen molar-refractivity contribution in [2.75, 3.05) is 13.2 Å². The molecule has 0 fully saturated rings. The minimum absolute atomic E-state index is 0.146. The maximum Gasteiger partial charge on any atom is 0.404 e. The molecule has 0 aromatic heterocycles. The molecule has 4 heteroatoms. The summed E-state index contributed by atoms with van der Waals surface area (Å²) in [5.41, 5.74) is 4.76. The van der Waals surface area contributed by atoms with Crippen LogP contribution in [0.5, 0.6) is 0 Å². The van der Waals surface area contributed by atoms with Crippen LogP contribution in [0.2, 0.25) is 0 Å². The molecule has 10 heavy (non-hydrogen) atoms. The number of rotatable bonds is 2. The first-order chi connectivity index (χ1) is 4.79. The van der Waals surface area contributed by atoms with Gasteiger partial charge in [-0.15, -0.1) is 0 Å². The van der Waals surface area contributed by atoms with E-state index in [0.717, 1.165) is 6.54 Å². The van der Waals surface area contributed by atoms with E-state index >= 15 is 0 Å². The smallest absolute Gasteiger partial charge is 0.404 e. The lowest BCUT2D eigenvalue weighted by Crippen LogP contribution is -2.29. The van der Waals surface area contributed by atoms with E-state index in [9.17, 15) is 4.79 Å². The quantitative estimate of drug-likeness (QED) is 0.516. The van der Waals surface area contributed by atoms with Crippen LogP contribution in [0, 0.1) is 0 Å². The monoisotopic (exact) mass is 142 g/mol. The summed E-state index contributed by atoms with van der Waals surface area (Å²) in [4.78, 5) is 10.1.